The predicted molar refractivity (Wildman–Crippen MR) is 76.3 cm³/mol. The Morgan fingerprint density at radius 3 is 2.39 bits per heavy atom. The van der Waals surface area contributed by atoms with Crippen LogP contribution in [-0.4, -0.2) is 5.78 Å². The first kappa shape index (κ1) is 12.9. The van der Waals surface area contributed by atoms with E-state index in [0.717, 1.165) is 5.56 Å². The Labute approximate surface area is 116 Å². The maximum absolute atomic E-state index is 12.0. The second-order valence-electron chi connectivity index (χ2n) is 3.71. The number of carbonyl (C=O) groups is 1. The third-order valence-corrected chi connectivity index (χ3v) is 3.26. The fraction of sp³-hybridized carbons (Fsp3) is 0. The maximum atomic E-state index is 12.0. The number of ketones is 1. The van der Waals surface area contributed by atoms with E-state index in [1.807, 2.05) is 30.3 Å². The summed E-state index contributed by atoms with van der Waals surface area (Å²) in [7, 11) is 0. The fourth-order valence-electron chi connectivity index (χ4n) is 1.52. The van der Waals surface area contributed by atoms with Crippen molar-refractivity contribution in [2.45, 2.75) is 0 Å². The van der Waals surface area contributed by atoms with Crippen molar-refractivity contribution in [1.29, 1.82) is 0 Å². The van der Waals surface area contributed by atoms with Crippen LogP contribution in [0, 0.1) is 0 Å². The second kappa shape index (κ2) is 5.85. The van der Waals surface area contributed by atoms with E-state index >= 15 is 0 Å². The minimum atomic E-state index is -0.161. The van der Waals surface area contributed by atoms with E-state index in [2.05, 4.69) is 0 Å². The molecule has 0 bridgehead atoms. The van der Waals surface area contributed by atoms with Crippen molar-refractivity contribution >= 4 is 35.1 Å². The molecule has 0 atom stereocenters. The van der Waals surface area contributed by atoms with Gasteiger partial charge in [-0.3, -0.25) is 4.79 Å². The van der Waals surface area contributed by atoms with Crippen molar-refractivity contribution in [2.75, 3.05) is 0 Å². The molecule has 2 rings (SSSR count). The molecule has 0 aliphatic rings. The number of carbonyl (C=O) groups excluding carboxylic acids is 1. The summed E-state index contributed by atoms with van der Waals surface area (Å²) in [4.78, 5) is 12.0. The molecular formula is C15H10Cl2O. The van der Waals surface area contributed by atoms with Crippen LogP contribution in [0.25, 0.3) is 6.08 Å². The summed E-state index contributed by atoms with van der Waals surface area (Å²) in [6.45, 7) is 0. The number of benzene rings is 2. The Hall–Kier alpha value is -1.57. The van der Waals surface area contributed by atoms with Crippen molar-refractivity contribution in [3.05, 3.63) is 75.8 Å². The van der Waals surface area contributed by atoms with E-state index < -0.39 is 0 Å². The predicted octanol–water partition coefficient (Wildman–Crippen LogP) is 4.89. The standard InChI is InChI=1S/C15H10Cl2O/c16-13-8-4-7-12(15(13)17)14(18)10-9-11-5-2-1-3-6-11/h1-10H. The topological polar surface area (TPSA) is 17.1 Å². The molecule has 0 N–H and O–H groups in total. The number of allylic oxidation sites excluding steroid dienone is 1. The Kier molecular flexibility index (Phi) is 4.19. The van der Waals surface area contributed by atoms with E-state index in [9.17, 15) is 4.79 Å². The lowest BCUT2D eigenvalue weighted by Crippen LogP contribution is -1.95. The van der Waals surface area contributed by atoms with Crippen molar-refractivity contribution in [2.24, 2.45) is 0 Å². The van der Waals surface area contributed by atoms with Gasteiger partial charge in [0.15, 0.2) is 5.78 Å². The number of hydrogen-bond donors (Lipinski definition) is 0. The normalized spacial score (nSPS) is 10.8. The van der Waals surface area contributed by atoms with Gasteiger partial charge in [0, 0.05) is 5.56 Å². The molecule has 0 spiro atoms. The van der Waals surface area contributed by atoms with Gasteiger partial charge in [-0.1, -0.05) is 65.7 Å². The van der Waals surface area contributed by atoms with E-state index in [1.54, 1.807) is 24.3 Å². The van der Waals surface area contributed by atoms with Gasteiger partial charge in [0.25, 0.3) is 0 Å². The third-order valence-electron chi connectivity index (χ3n) is 2.44. The number of rotatable bonds is 3. The zero-order chi connectivity index (χ0) is 13.0. The van der Waals surface area contributed by atoms with Gasteiger partial charge >= 0.3 is 0 Å². The molecule has 0 aromatic heterocycles. The average Bonchev–Trinajstić information content (AvgIpc) is 2.40. The van der Waals surface area contributed by atoms with Crippen LogP contribution in [0.4, 0.5) is 0 Å². The van der Waals surface area contributed by atoms with E-state index in [-0.39, 0.29) is 5.78 Å². The molecule has 0 aliphatic heterocycles. The van der Waals surface area contributed by atoms with Crippen LogP contribution in [0.15, 0.2) is 54.6 Å². The third kappa shape index (κ3) is 3.00. The molecule has 0 saturated carbocycles. The summed E-state index contributed by atoms with van der Waals surface area (Å²) in [6, 6.07) is 14.6. The van der Waals surface area contributed by atoms with Crippen molar-refractivity contribution < 1.29 is 4.79 Å². The Balaban J connectivity index is 2.23. The van der Waals surface area contributed by atoms with E-state index in [4.69, 9.17) is 23.2 Å². The van der Waals surface area contributed by atoms with Crippen molar-refractivity contribution in [3.63, 3.8) is 0 Å². The summed E-state index contributed by atoms with van der Waals surface area (Å²) in [5, 5.41) is 0.678. The molecule has 3 heteroatoms. The molecule has 0 radical (unpaired) electrons. The van der Waals surface area contributed by atoms with Crippen molar-refractivity contribution in [1.82, 2.24) is 0 Å². The summed E-state index contributed by atoms with van der Waals surface area (Å²) in [5.41, 5.74) is 1.38. The summed E-state index contributed by atoms with van der Waals surface area (Å²) in [6.07, 6.45) is 3.24. The molecule has 18 heavy (non-hydrogen) atoms. The van der Waals surface area contributed by atoms with Crippen LogP contribution >= 0.6 is 23.2 Å². The van der Waals surface area contributed by atoms with E-state index in [0.29, 0.717) is 15.6 Å². The van der Waals surface area contributed by atoms with Gasteiger partial charge in [-0.2, -0.15) is 0 Å². The second-order valence-corrected chi connectivity index (χ2v) is 4.49. The van der Waals surface area contributed by atoms with Crippen LogP contribution in [0.1, 0.15) is 15.9 Å². The minimum absolute atomic E-state index is 0.161. The highest BCUT2D eigenvalue weighted by molar-refractivity contribution is 6.44. The van der Waals surface area contributed by atoms with E-state index in [1.165, 1.54) is 6.08 Å². The molecule has 0 unspecified atom stereocenters. The highest BCUT2D eigenvalue weighted by atomic mass is 35.5. The van der Waals surface area contributed by atoms with Gasteiger partial charge in [0.05, 0.1) is 10.0 Å². The van der Waals surface area contributed by atoms with Gasteiger partial charge in [-0.05, 0) is 23.8 Å². The first-order valence-corrected chi connectivity index (χ1v) is 6.15. The molecule has 2 aromatic carbocycles. The van der Waals surface area contributed by atoms with Crippen LogP contribution in [0.5, 0.6) is 0 Å². The molecule has 0 aliphatic carbocycles. The molecule has 90 valence electrons. The van der Waals surface area contributed by atoms with Crippen LogP contribution in [0.2, 0.25) is 10.0 Å². The average molecular weight is 277 g/mol. The maximum Gasteiger partial charge on any atom is 0.187 e. The van der Waals surface area contributed by atoms with Gasteiger partial charge in [-0.25, -0.2) is 0 Å². The summed E-state index contributed by atoms with van der Waals surface area (Å²) < 4.78 is 0. The lowest BCUT2D eigenvalue weighted by atomic mass is 10.1. The number of hydrogen-bond acceptors (Lipinski definition) is 1. The zero-order valence-electron chi connectivity index (χ0n) is 9.44. The van der Waals surface area contributed by atoms with Crippen LogP contribution < -0.4 is 0 Å². The monoisotopic (exact) mass is 276 g/mol. The Morgan fingerprint density at radius 1 is 0.944 bits per heavy atom. The van der Waals surface area contributed by atoms with Gasteiger partial charge in [-0.15, -0.1) is 0 Å². The largest absolute Gasteiger partial charge is 0.289 e. The first-order valence-electron chi connectivity index (χ1n) is 5.40. The van der Waals surface area contributed by atoms with Gasteiger partial charge in [0.1, 0.15) is 0 Å². The minimum Gasteiger partial charge on any atom is -0.289 e. The quantitative estimate of drug-likeness (QED) is 0.576. The van der Waals surface area contributed by atoms with Gasteiger partial charge in [0.2, 0.25) is 0 Å². The molecule has 2 aromatic rings. The van der Waals surface area contributed by atoms with Crippen molar-refractivity contribution in [3.8, 4) is 0 Å². The SMILES string of the molecule is O=C(C=Cc1ccccc1)c1cccc(Cl)c1Cl. The lowest BCUT2D eigenvalue weighted by Gasteiger charge is -2.01. The zero-order valence-corrected chi connectivity index (χ0v) is 10.9. The molecule has 0 amide bonds. The first-order chi connectivity index (χ1) is 8.68. The Bertz CT molecular complexity index is 589. The smallest absolute Gasteiger partial charge is 0.187 e. The van der Waals surface area contributed by atoms with Crippen LogP contribution in [-0.2, 0) is 0 Å². The molecule has 0 fully saturated rings. The lowest BCUT2D eigenvalue weighted by molar-refractivity contribution is 0.104. The summed E-state index contributed by atoms with van der Waals surface area (Å²) >= 11 is 11.8. The molecule has 0 heterocycles. The summed E-state index contributed by atoms with van der Waals surface area (Å²) in [5.74, 6) is -0.161. The Morgan fingerprint density at radius 2 is 1.67 bits per heavy atom. The molecule has 1 nitrogen and oxygen atoms in total. The number of halogens is 2. The van der Waals surface area contributed by atoms with Gasteiger partial charge < -0.3 is 0 Å². The fourth-order valence-corrected chi connectivity index (χ4v) is 1.91. The molecule has 0 saturated heterocycles. The van der Waals surface area contributed by atoms with Crippen LogP contribution in [0.3, 0.4) is 0 Å². The molecular weight excluding hydrogens is 267 g/mol. The highest BCUT2D eigenvalue weighted by Gasteiger charge is 2.09. The highest BCUT2D eigenvalue weighted by Crippen LogP contribution is 2.26.